The molecule has 0 saturated carbocycles. The quantitative estimate of drug-likeness (QED) is 0.732. The highest BCUT2D eigenvalue weighted by Crippen LogP contribution is 2.16. The van der Waals surface area contributed by atoms with Crippen molar-refractivity contribution in [2.45, 2.75) is 25.2 Å². The molecule has 6 nitrogen and oxygen atoms in total. The molecule has 0 saturated heterocycles. The number of hydrogen-bond acceptors (Lipinski definition) is 4. The van der Waals surface area contributed by atoms with E-state index < -0.39 is 20.7 Å². The van der Waals surface area contributed by atoms with Crippen molar-refractivity contribution in [2.75, 3.05) is 25.4 Å². The minimum Gasteiger partial charge on any atom is -0.399 e. The maximum absolute atomic E-state index is 13.6. The van der Waals surface area contributed by atoms with Crippen LogP contribution >= 0.6 is 0 Å². The second-order valence-electron chi connectivity index (χ2n) is 4.40. The largest absolute Gasteiger partial charge is 0.399 e. The van der Waals surface area contributed by atoms with Crippen molar-refractivity contribution in [1.82, 2.24) is 9.62 Å². The first kappa shape index (κ1) is 17.4. The molecule has 0 spiro atoms. The Morgan fingerprint density at radius 2 is 1.95 bits per heavy atom. The summed E-state index contributed by atoms with van der Waals surface area (Å²) in [6.07, 6.45) is 0.0253. The van der Waals surface area contributed by atoms with E-state index in [0.717, 1.165) is 12.1 Å². The molecule has 0 fully saturated rings. The summed E-state index contributed by atoms with van der Waals surface area (Å²) in [7, 11) is -3.99. The van der Waals surface area contributed by atoms with Crippen LogP contribution in [0.3, 0.4) is 0 Å². The number of nitrogens with one attached hydrogen (secondary N) is 1. The van der Waals surface area contributed by atoms with Crippen LogP contribution in [0.25, 0.3) is 0 Å². The number of carbonyl (C=O) groups excluding carboxylic acids is 1. The van der Waals surface area contributed by atoms with E-state index in [1.807, 2.05) is 13.8 Å². The van der Waals surface area contributed by atoms with Gasteiger partial charge in [-0.15, -0.1) is 0 Å². The number of halogens is 1. The fraction of sp³-hybridized carbons (Fsp3) is 0.462. The summed E-state index contributed by atoms with van der Waals surface area (Å²) in [6.45, 7) is 4.73. The molecule has 0 atom stereocenters. The Hall–Kier alpha value is -1.67. The van der Waals surface area contributed by atoms with Crippen LogP contribution in [0.2, 0.25) is 0 Å². The molecule has 0 radical (unpaired) electrons. The summed E-state index contributed by atoms with van der Waals surface area (Å²) in [5, 5.41) is 0. The lowest BCUT2D eigenvalue weighted by atomic mass is 10.3. The standard InChI is InChI=1S/C13H20FN3O3S/c1-3-17(4-2)13(18)7-8-16-21(19,20)12-6-5-10(15)9-11(12)14/h5-6,9,16H,3-4,7-8,15H2,1-2H3. The molecule has 0 heterocycles. The van der Waals surface area contributed by atoms with Gasteiger partial charge in [-0.1, -0.05) is 0 Å². The van der Waals surface area contributed by atoms with E-state index in [-0.39, 0.29) is 24.6 Å². The Kier molecular flexibility index (Phi) is 6.10. The van der Waals surface area contributed by atoms with Crippen LogP contribution in [0.4, 0.5) is 10.1 Å². The summed E-state index contributed by atoms with van der Waals surface area (Å²) in [5.74, 6) is -1.07. The Balaban J connectivity index is 2.68. The SMILES string of the molecule is CCN(CC)C(=O)CCNS(=O)(=O)c1ccc(N)cc1F. The number of carbonyl (C=O) groups is 1. The fourth-order valence-corrected chi connectivity index (χ4v) is 2.93. The van der Waals surface area contributed by atoms with Gasteiger partial charge in [-0.05, 0) is 32.0 Å². The minimum absolute atomic E-state index is 0.0253. The second-order valence-corrected chi connectivity index (χ2v) is 6.14. The van der Waals surface area contributed by atoms with Gasteiger partial charge in [-0.3, -0.25) is 4.79 Å². The average Bonchev–Trinajstić information content (AvgIpc) is 2.39. The zero-order valence-electron chi connectivity index (χ0n) is 12.1. The van der Waals surface area contributed by atoms with Gasteiger partial charge >= 0.3 is 0 Å². The van der Waals surface area contributed by atoms with Gasteiger partial charge < -0.3 is 10.6 Å². The van der Waals surface area contributed by atoms with Crippen molar-refractivity contribution in [2.24, 2.45) is 0 Å². The summed E-state index contributed by atoms with van der Waals surface area (Å²) in [4.78, 5) is 12.9. The van der Waals surface area contributed by atoms with E-state index in [1.165, 1.54) is 6.07 Å². The third-order valence-electron chi connectivity index (χ3n) is 2.99. The Bertz CT molecular complexity index is 601. The monoisotopic (exact) mass is 317 g/mol. The molecule has 0 aliphatic carbocycles. The zero-order valence-corrected chi connectivity index (χ0v) is 12.9. The lowest BCUT2D eigenvalue weighted by Gasteiger charge is -2.18. The van der Waals surface area contributed by atoms with E-state index in [4.69, 9.17) is 5.73 Å². The van der Waals surface area contributed by atoms with Crippen molar-refractivity contribution in [3.8, 4) is 0 Å². The fourth-order valence-electron chi connectivity index (χ4n) is 1.84. The number of sulfonamides is 1. The molecule has 0 aliphatic rings. The van der Waals surface area contributed by atoms with E-state index in [2.05, 4.69) is 4.72 Å². The average molecular weight is 317 g/mol. The van der Waals surface area contributed by atoms with Crippen molar-refractivity contribution < 1.29 is 17.6 Å². The Morgan fingerprint density at radius 3 is 2.48 bits per heavy atom. The van der Waals surface area contributed by atoms with Crippen molar-refractivity contribution >= 4 is 21.6 Å². The van der Waals surface area contributed by atoms with Gasteiger partial charge in [0.25, 0.3) is 0 Å². The number of anilines is 1. The number of benzene rings is 1. The predicted molar refractivity (Wildman–Crippen MR) is 78.5 cm³/mol. The van der Waals surface area contributed by atoms with Crippen LogP contribution in [0.1, 0.15) is 20.3 Å². The summed E-state index contributed by atoms with van der Waals surface area (Å²) in [6, 6.07) is 3.34. The normalized spacial score (nSPS) is 11.4. The predicted octanol–water partition coefficient (Wildman–Crippen LogP) is 0.945. The number of hydrogen-bond donors (Lipinski definition) is 2. The van der Waals surface area contributed by atoms with Crippen LogP contribution in [0.15, 0.2) is 23.1 Å². The molecule has 0 aromatic heterocycles. The van der Waals surface area contributed by atoms with Gasteiger partial charge in [0, 0.05) is 31.7 Å². The molecule has 0 unspecified atom stereocenters. The highest BCUT2D eigenvalue weighted by atomic mass is 32.2. The van der Waals surface area contributed by atoms with E-state index >= 15 is 0 Å². The molecule has 1 aromatic rings. The molecule has 21 heavy (non-hydrogen) atoms. The molecule has 8 heteroatoms. The molecule has 0 aliphatic heterocycles. The second kappa shape index (κ2) is 7.37. The van der Waals surface area contributed by atoms with Gasteiger partial charge in [-0.2, -0.15) is 0 Å². The van der Waals surface area contributed by atoms with E-state index in [0.29, 0.717) is 13.1 Å². The minimum atomic E-state index is -3.99. The summed E-state index contributed by atoms with van der Waals surface area (Å²) in [5.41, 5.74) is 5.51. The third-order valence-corrected chi connectivity index (χ3v) is 4.49. The van der Waals surface area contributed by atoms with Crippen LogP contribution in [0.5, 0.6) is 0 Å². The van der Waals surface area contributed by atoms with Gasteiger partial charge in [0.05, 0.1) is 0 Å². The van der Waals surface area contributed by atoms with E-state index in [1.54, 1.807) is 4.90 Å². The lowest BCUT2D eigenvalue weighted by molar-refractivity contribution is -0.130. The van der Waals surface area contributed by atoms with Crippen molar-refractivity contribution in [1.29, 1.82) is 0 Å². The maximum Gasteiger partial charge on any atom is 0.243 e. The van der Waals surface area contributed by atoms with Crippen LogP contribution in [0, 0.1) is 5.82 Å². The Labute approximate surface area is 124 Å². The van der Waals surface area contributed by atoms with Gasteiger partial charge in [-0.25, -0.2) is 17.5 Å². The van der Waals surface area contributed by atoms with E-state index in [9.17, 15) is 17.6 Å². The summed E-state index contributed by atoms with van der Waals surface area (Å²) >= 11 is 0. The van der Waals surface area contributed by atoms with Crippen LogP contribution in [-0.2, 0) is 14.8 Å². The topological polar surface area (TPSA) is 92.5 Å². The van der Waals surface area contributed by atoms with Gasteiger partial charge in [0.2, 0.25) is 15.9 Å². The molecular weight excluding hydrogens is 297 g/mol. The number of nitrogens with two attached hydrogens (primary N) is 1. The molecule has 0 bridgehead atoms. The van der Waals surface area contributed by atoms with Crippen LogP contribution in [-0.4, -0.2) is 38.9 Å². The molecule has 1 aromatic carbocycles. The number of nitrogen functional groups attached to an aromatic ring is 1. The van der Waals surface area contributed by atoms with Gasteiger partial charge in [0.15, 0.2) is 0 Å². The summed E-state index contributed by atoms with van der Waals surface area (Å²) < 4.78 is 39.7. The highest BCUT2D eigenvalue weighted by Gasteiger charge is 2.19. The van der Waals surface area contributed by atoms with Crippen molar-refractivity contribution in [3.63, 3.8) is 0 Å². The molecule has 1 amide bonds. The van der Waals surface area contributed by atoms with Crippen molar-refractivity contribution in [3.05, 3.63) is 24.0 Å². The molecule has 1 rings (SSSR count). The molecular formula is C13H20FN3O3S. The zero-order chi connectivity index (χ0) is 16.0. The first-order chi connectivity index (χ1) is 9.81. The first-order valence-electron chi connectivity index (χ1n) is 6.64. The third kappa shape index (κ3) is 4.68. The molecule has 3 N–H and O–H groups in total. The maximum atomic E-state index is 13.6. The highest BCUT2D eigenvalue weighted by molar-refractivity contribution is 7.89. The Morgan fingerprint density at radius 1 is 1.33 bits per heavy atom. The smallest absolute Gasteiger partial charge is 0.243 e. The lowest BCUT2D eigenvalue weighted by Crippen LogP contribution is -2.34. The first-order valence-corrected chi connectivity index (χ1v) is 8.12. The number of amides is 1. The molecule has 118 valence electrons. The number of rotatable bonds is 7. The number of nitrogens with zero attached hydrogens (tertiary/aromatic N) is 1. The van der Waals surface area contributed by atoms with Gasteiger partial charge in [0.1, 0.15) is 10.7 Å². The van der Waals surface area contributed by atoms with Crippen LogP contribution < -0.4 is 10.5 Å².